The van der Waals surface area contributed by atoms with Crippen LogP contribution in [-0.4, -0.2) is 61.3 Å². The van der Waals surface area contributed by atoms with Gasteiger partial charge in [-0.2, -0.15) is 0 Å². The van der Waals surface area contributed by atoms with Crippen LogP contribution in [-0.2, 0) is 29.4 Å². The van der Waals surface area contributed by atoms with E-state index in [0.717, 1.165) is 16.7 Å². The fourth-order valence-corrected chi connectivity index (χ4v) is 4.76. The van der Waals surface area contributed by atoms with Gasteiger partial charge >= 0.3 is 12.1 Å². The molecule has 0 radical (unpaired) electrons. The Balaban J connectivity index is 1.95. The third-order valence-corrected chi connectivity index (χ3v) is 6.76. The van der Waals surface area contributed by atoms with E-state index in [1.165, 1.54) is 12.0 Å². The Bertz CT molecular complexity index is 1130. The number of rotatable bonds is 6. The van der Waals surface area contributed by atoms with E-state index in [2.05, 4.69) is 5.32 Å². The van der Waals surface area contributed by atoms with E-state index in [9.17, 15) is 14.4 Å². The number of carbonyl (C=O) groups is 3. The van der Waals surface area contributed by atoms with Crippen molar-refractivity contribution in [2.75, 3.05) is 20.8 Å². The molecule has 1 aliphatic heterocycles. The summed E-state index contributed by atoms with van der Waals surface area (Å²) in [5.41, 5.74) is 0.654. The maximum atomic E-state index is 14.0. The van der Waals surface area contributed by atoms with Gasteiger partial charge in [0.05, 0.1) is 13.7 Å². The number of alkyl carbamates (subject to hydrolysis) is 1. The summed E-state index contributed by atoms with van der Waals surface area (Å²) < 4.78 is 16.5. The number of ether oxygens (including phenoxy) is 3. The van der Waals surface area contributed by atoms with Crippen molar-refractivity contribution in [2.24, 2.45) is 5.41 Å². The van der Waals surface area contributed by atoms with Gasteiger partial charge in [-0.1, -0.05) is 75.4 Å². The number of carbonyl (C=O) groups excluding carboxylic acids is 3. The van der Waals surface area contributed by atoms with Gasteiger partial charge in [-0.25, -0.2) is 9.59 Å². The van der Waals surface area contributed by atoms with Crippen molar-refractivity contribution in [1.82, 2.24) is 10.2 Å². The third-order valence-electron chi connectivity index (χ3n) is 6.76. The number of hydrogen-bond acceptors (Lipinski definition) is 6. The van der Waals surface area contributed by atoms with E-state index < -0.39 is 46.7 Å². The number of nitrogens with one attached hydrogen (secondary N) is 1. The highest BCUT2D eigenvalue weighted by Crippen LogP contribution is 2.41. The summed E-state index contributed by atoms with van der Waals surface area (Å²) in [7, 11) is 2.88. The second-order valence-corrected chi connectivity index (χ2v) is 11.8. The lowest BCUT2D eigenvalue weighted by Gasteiger charge is -2.36. The summed E-state index contributed by atoms with van der Waals surface area (Å²) in [5, 5.41) is 2.73. The average Bonchev–Trinajstić information content (AvgIpc) is 3.27. The zero-order valence-electron chi connectivity index (χ0n) is 23.7. The topological polar surface area (TPSA) is 94.2 Å². The van der Waals surface area contributed by atoms with Crippen LogP contribution >= 0.6 is 0 Å². The van der Waals surface area contributed by atoms with Crippen LogP contribution in [0.5, 0.6) is 0 Å². The average molecular weight is 525 g/mol. The first kappa shape index (κ1) is 29.2. The fourth-order valence-electron chi connectivity index (χ4n) is 4.76. The van der Waals surface area contributed by atoms with Gasteiger partial charge in [0.25, 0.3) is 0 Å². The maximum absolute atomic E-state index is 14.0. The molecule has 1 N–H and O–H groups in total. The molecule has 0 aromatic heterocycles. The summed E-state index contributed by atoms with van der Waals surface area (Å²) in [4.78, 5) is 41.0. The first-order chi connectivity index (χ1) is 17.7. The van der Waals surface area contributed by atoms with Gasteiger partial charge in [-0.05, 0) is 42.9 Å². The van der Waals surface area contributed by atoms with E-state index in [4.69, 9.17) is 14.2 Å². The lowest BCUT2D eigenvalue weighted by atomic mass is 9.85. The number of esters is 1. The standard InChI is InChI=1S/C30H40N2O6/c1-28(2,3)24(31-27(35)38-29(4,5)6)25(33)32-19-30(37-8,18-23(32)26(34)36-7)22-16-14-21(15-17-22)20-12-10-9-11-13-20/h9-17,23-24H,18-19H2,1-8H3,(H,31,35)/t23?,24-,30?/m1/s1. The van der Waals surface area contributed by atoms with Crippen LogP contribution in [0.4, 0.5) is 4.79 Å². The van der Waals surface area contributed by atoms with Crippen molar-refractivity contribution in [2.45, 2.75) is 71.2 Å². The van der Waals surface area contributed by atoms with Gasteiger partial charge in [0.2, 0.25) is 5.91 Å². The summed E-state index contributed by atoms with van der Waals surface area (Å²) in [6.07, 6.45) is -0.482. The van der Waals surface area contributed by atoms with Gasteiger partial charge in [-0.3, -0.25) is 4.79 Å². The van der Waals surface area contributed by atoms with Gasteiger partial charge < -0.3 is 24.4 Å². The molecule has 2 aromatic carbocycles. The molecule has 3 atom stereocenters. The summed E-state index contributed by atoms with van der Waals surface area (Å²) in [6.45, 7) is 10.9. The maximum Gasteiger partial charge on any atom is 0.408 e. The summed E-state index contributed by atoms with van der Waals surface area (Å²) in [6, 6.07) is 16.1. The fraction of sp³-hybridized carbons (Fsp3) is 0.500. The Morgan fingerprint density at radius 3 is 2.00 bits per heavy atom. The molecule has 2 unspecified atom stereocenters. The minimum Gasteiger partial charge on any atom is -0.467 e. The lowest BCUT2D eigenvalue weighted by Crippen LogP contribution is -2.57. The predicted molar refractivity (Wildman–Crippen MR) is 145 cm³/mol. The number of amides is 2. The van der Waals surface area contributed by atoms with Crippen LogP contribution in [0, 0.1) is 5.41 Å². The highest BCUT2D eigenvalue weighted by atomic mass is 16.6. The van der Waals surface area contributed by atoms with Crippen LogP contribution in [0.25, 0.3) is 11.1 Å². The molecule has 0 aliphatic carbocycles. The number of likely N-dealkylation sites (tertiary alicyclic amines) is 1. The molecule has 38 heavy (non-hydrogen) atoms. The third kappa shape index (κ3) is 6.54. The first-order valence-corrected chi connectivity index (χ1v) is 12.8. The highest BCUT2D eigenvalue weighted by molar-refractivity contribution is 5.91. The smallest absolute Gasteiger partial charge is 0.408 e. The van der Waals surface area contributed by atoms with E-state index in [-0.39, 0.29) is 13.0 Å². The zero-order valence-corrected chi connectivity index (χ0v) is 23.7. The summed E-state index contributed by atoms with van der Waals surface area (Å²) >= 11 is 0. The second kappa shape index (κ2) is 11.2. The largest absolute Gasteiger partial charge is 0.467 e. The molecule has 8 heteroatoms. The molecule has 2 amide bonds. The van der Waals surface area contributed by atoms with Crippen molar-refractivity contribution in [3.63, 3.8) is 0 Å². The van der Waals surface area contributed by atoms with E-state index >= 15 is 0 Å². The Morgan fingerprint density at radius 1 is 0.921 bits per heavy atom. The van der Waals surface area contributed by atoms with E-state index in [1.54, 1.807) is 27.9 Å². The van der Waals surface area contributed by atoms with E-state index in [0.29, 0.717) is 0 Å². The molecule has 1 saturated heterocycles. The Hall–Kier alpha value is -3.39. The molecule has 8 nitrogen and oxygen atoms in total. The monoisotopic (exact) mass is 524 g/mol. The van der Waals surface area contributed by atoms with Crippen molar-refractivity contribution in [3.8, 4) is 11.1 Å². The van der Waals surface area contributed by atoms with Crippen molar-refractivity contribution < 1.29 is 28.6 Å². The highest BCUT2D eigenvalue weighted by Gasteiger charge is 2.53. The molecule has 1 fully saturated rings. The van der Waals surface area contributed by atoms with Crippen molar-refractivity contribution in [1.29, 1.82) is 0 Å². The predicted octanol–water partition coefficient (Wildman–Crippen LogP) is 4.91. The van der Waals surface area contributed by atoms with E-state index in [1.807, 2.05) is 75.4 Å². The molecule has 1 aliphatic rings. The Kier molecular flexibility index (Phi) is 8.56. The number of nitrogens with zero attached hydrogens (tertiary/aromatic N) is 1. The number of hydrogen-bond donors (Lipinski definition) is 1. The molecular formula is C30H40N2O6. The SMILES string of the molecule is COC(=O)C1CC(OC)(c2ccc(-c3ccccc3)cc2)CN1C(=O)[C@@H](NC(=O)OC(C)(C)C)C(C)(C)C. The first-order valence-electron chi connectivity index (χ1n) is 12.8. The molecule has 0 saturated carbocycles. The number of benzene rings is 2. The lowest BCUT2D eigenvalue weighted by molar-refractivity contribution is -0.152. The zero-order chi connectivity index (χ0) is 28.3. The molecule has 2 aromatic rings. The van der Waals surface area contributed by atoms with Crippen molar-refractivity contribution in [3.05, 3.63) is 60.2 Å². The van der Waals surface area contributed by atoms with Crippen LogP contribution < -0.4 is 5.32 Å². The van der Waals surface area contributed by atoms with Gasteiger partial charge in [0, 0.05) is 13.5 Å². The van der Waals surface area contributed by atoms with Crippen molar-refractivity contribution >= 4 is 18.0 Å². The minimum atomic E-state index is -0.947. The van der Waals surface area contributed by atoms with Crippen LogP contribution in [0.15, 0.2) is 54.6 Å². The molecule has 0 bridgehead atoms. The van der Waals surface area contributed by atoms with Gasteiger partial charge in [0.1, 0.15) is 23.3 Å². The molecule has 3 rings (SSSR count). The Morgan fingerprint density at radius 2 is 1.50 bits per heavy atom. The Labute approximate surface area is 225 Å². The van der Waals surface area contributed by atoms with Crippen LogP contribution in [0.2, 0.25) is 0 Å². The molecule has 1 heterocycles. The van der Waals surface area contributed by atoms with Gasteiger partial charge in [0.15, 0.2) is 0 Å². The second-order valence-electron chi connectivity index (χ2n) is 11.8. The minimum absolute atomic E-state index is 0.120. The number of methoxy groups -OCH3 is 2. The molecule has 206 valence electrons. The van der Waals surface area contributed by atoms with Crippen LogP contribution in [0.3, 0.4) is 0 Å². The molecular weight excluding hydrogens is 484 g/mol. The molecule has 0 spiro atoms. The summed E-state index contributed by atoms with van der Waals surface area (Å²) in [5.74, 6) is -0.943. The van der Waals surface area contributed by atoms with Crippen LogP contribution in [0.1, 0.15) is 53.5 Å². The quantitative estimate of drug-likeness (QED) is 0.540. The van der Waals surface area contributed by atoms with Gasteiger partial charge in [-0.15, -0.1) is 0 Å². The normalized spacial score (nSPS) is 20.5.